The topological polar surface area (TPSA) is 42.8 Å². The minimum atomic E-state index is -0.387. The molecule has 102 valence electrons. The Balaban J connectivity index is 1.89. The van der Waals surface area contributed by atoms with Crippen LogP contribution < -0.4 is 0 Å². The standard InChI is InChI=1S/C17H19N3/c1-17(2,12-18)20-9-7-13(8-10-20)15-11-19-16-6-4-3-5-14(15)16/h3-7,11,19H,8-10H2,1-2H3. The molecule has 1 aliphatic heterocycles. The van der Waals surface area contributed by atoms with Gasteiger partial charge in [-0.25, -0.2) is 0 Å². The Bertz CT molecular complexity index is 700. The van der Waals surface area contributed by atoms with Crippen LogP contribution in [0.15, 0.2) is 36.5 Å². The number of nitriles is 1. The molecule has 0 saturated carbocycles. The maximum atomic E-state index is 9.22. The van der Waals surface area contributed by atoms with E-state index in [4.69, 9.17) is 0 Å². The van der Waals surface area contributed by atoms with Gasteiger partial charge in [0.25, 0.3) is 0 Å². The van der Waals surface area contributed by atoms with Gasteiger partial charge in [-0.05, 0) is 31.9 Å². The SMILES string of the molecule is CC(C)(C#N)N1CC=C(c2c[nH]c3ccccc23)CC1. The van der Waals surface area contributed by atoms with Crippen LogP contribution in [-0.2, 0) is 0 Å². The Morgan fingerprint density at radius 3 is 2.80 bits per heavy atom. The molecule has 0 aliphatic carbocycles. The number of para-hydroxylation sites is 1. The third-order valence-electron chi connectivity index (χ3n) is 4.21. The number of benzene rings is 1. The first kappa shape index (κ1) is 13.0. The third kappa shape index (κ3) is 2.13. The van der Waals surface area contributed by atoms with Crippen molar-refractivity contribution in [3.05, 3.63) is 42.1 Å². The predicted molar refractivity (Wildman–Crippen MR) is 82.2 cm³/mol. The van der Waals surface area contributed by atoms with E-state index in [0.717, 1.165) is 19.5 Å². The zero-order valence-corrected chi connectivity index (χ0v) is 12.0. The van der Waals surface area contributed by atoms with Gasteiger partial charge in [-0.15, -0.1) is 0 Å². The zero-order chi connectivity index (χ0) is 14.2. The average Bonchev–Trinajstić information content (AvgIpc) is 2.91. The maximum Gasteiger partial charge on any atom is 0.103 e. The molecule has 0 spiro atoms. The van der Waals surface area contributed by atoms with E-state index >= 15 is 0 Å². The largest absolute Gasteiger partial charge is 0.361 e. The number of fused-ring (bicyclic) bond motifs is 1. The van der Waals surface area contributed by atoms with Crippen molar-refractivity contribution in [2.45, 2.75) is 25.8 Å². The molecular formula is C17H19N3. The molecule has 2 heterocycles. The summed E-state index contributed by atoms with van der Waals surface area (Å²) in [5, 5.41) is 10.5. The van der Waals surface area contributed by atoms with Crippen LogP contribution in [0.25, 0.3) is 16.5 Å². The van der Waals surface area contributed by atoms with E-state index in [-0.39, 0.29) is 5.54 Å². The number of aromatic amines is 1. The minimum Gasteiger partial charge on any atom is -0.361 e. The van der Waals surface area contributed by atoms with E-state index < -0.39 is 0 Å². The van der Waals surface area contributed by atoms with Crippen LogP contribution >= 0.6 is 0 Å². The molecule has 1 aromatic heterocycles. The van der Waals surface area contributed by atoms with Gasteiger partial charge in [0.2, 0.25) is 0 Å². The fourth-order valence-electron chi connectivity index (χ4n) is 2.83. The summed E-state index contributed by atoms with van der Waals surface area (Å²) < 4.78 is 0. The highest BCUT2D eigenvalue weighted by Crippen LogP contribution is 2.30. The number of rotatable bonds is 2. The van der Waals surface area contributed by atoms with Crippen molar-refractivity contribution >= 4 is 16.5 Å². The summed E-state index contributed by atoms with van der Waals surface area (Å²) in [4.78, 5) is 5.56. The highest BCUT2D eigenvalue weighted by molar-refractivity contribution is 5.92. The Hall–Kier alpha value is -2.05. The van der Waals surface area contributed by atoms with Crippen LogP contribution in [0.3, 0.4) is 0 Å². The molecule has 0 bridgehead atoms. The van der Waals surface area contributed by atoms with Crippen molar-refractivity contribution < 1.29 is 0 Å². The van der Waals surface area contributed by atoms with Crippen LogP contribution in [0.5, 0.6) is 0 Å². The van der Waals surface area contributed by atoms with Gasteiger partial charge in [0.15, 0.2) is 0 Å². The van der Waals surface area contributed by atoms with Crippen LogP contribution in [0.4, 0.5) is 0 Å². The average molecular weight is 265 g/mol. The van der Waals surface area contributed by atoms with Crippen LogP contribution in [0.2, 0.25) is 0 Å². The lowest BCUT2D eigenvalue weighted by Gasteiger charge is -2.35. The summed E-state index contributed by atoms with van der Waals surface area (Å²) in [6.07, 6.45) is 5.35. The summed E-state index contributed by atoms with van der Waals surface area (Å²) in [7, 11) is 0. The zero-order valence-electron chi connectivity index (χ0n) is 12.0. The Kier molecular flexibility index (Phi) is 3.11. The normalized spacial score (nSPS) is 16.9. The lowest BCUT2D eigenvalue weighted by atomic mass is 9.95. The van der Waals surface area contributed by atoms with Crippen LogP contribution in [0, 0.1) is 11.3 Å². The molecule has 0 radical (unpaired) electrons. The van der Waals surface area contributed by atoms with Crippen molar-refractivity contribution in [3.8, 4) is 6.07 Å². The van der Waals surface area contributed by atoms with Gasteiger partial charge in [-0.1, -0.05) is 24.3 Å². The van der Waals surface area contributed by atoms with E-state index in [2.05, 4.69) is 52.5 Å². The number of H-pyrrole nitrogens is 1. The number of nitrogens with zero attached hydrogens (tertiary/aromatic N) is 2. The summed E-state index contributed by atoms with van der Waals surface area (Å²) >= 11 is 0. The van der Waals surface area contributed by atoms with E-state index in [1.807, 2.05) is 13.8 Å². The van der Waals surface area contributed by atoms with E-state index in [1.165, 1.54) is 22.0 Å². The first-order chi connectivity index (χ1) is 9.62. The Labute approximate surface area is 119 Å². The van der Waals surface area contributed by atoms with Gasteiger partial charge in [-0.2, -0.15) is 5.26 Å². The molecule has 3 nitrogen and oxygen atoms in total. The summed E-state index contributed by atoms with van der Waals surface area (Å²) in [6.45, 7) is 5.75. The van der Waals surface area contributed by atoms with E-state index in [0.29, 0.717) is 0 Å². The van der Waals surface area contributed by atoms with Gasteiger partial charge in [-0.3, -0.25) is 4.90 Å². The van der Waals surface area contributed by atoms with Crippen molar-refractivity contribution in [2.24, 2.45) is 0 Å². The van der Waals surface area contributed by atoms with E-state index in [9.17, 15) is 5.26 Å². The molecular weight excluding hydrogens is 246 g/mol. The third-order valence-corrected chi connectivity index (χ3v) is 4.21. The van der Waals surface area contributed by atoms with Crippen LogP contribution in [0.1, 0.15) is 25.8 Å². The Morgan fingerprint density at radius 2 is 2.10 bits per heavy atom. The highest BCUT2D eigenvalue weighted by Gasteiger charge is 2.28. The van der Waals surface area contributed by atoms with Gasteiger partial charge in [0.1, 0.15) is 5.54 Å². The lowest BCUT2D eigenvalue weighted by molar-refractivity contribution is 0.186. The second kappa shape index (κ2) is 4.81. The monoisotopic (exact) mass is 265 g/mol. The number of hydrogen-bond donors (Lipinski definition) is 1. The summed E-state index contributed by atoms with van der Waals surface area (Å²) in [6, 6.07) is 10.8. The molecule has 0 unspecified atom stereocenters. The number of hydrogen-bond acceptors (Lipinski definition) is 2. The smallest absolute Gasteiger partial charge is 0.103 e. The number of nitrogens with one attached hydrogen (secondary N) is 1. The first-order valence-corrected chi connectivity index (χ1v) is 7.03. The second-order valence-electron chi connectivity index (χ2n) is 5.84. The van der Waals surface area contributed by atoms with Crippen LogP contribution in [-0.4, -0.2) is 28.5 Å². The molecule has 3 heteroatoms. The first-order valence-electron chi connectivity index (χ1n) is 7.03. The number of aromatic nitrogens is 1. The Morgan fingerprint density at radius 1 is 1.30 bits per heavy atom. The van der Waals surface area contributed by atoms with Gasteiger partial charge in [0, 0.05) is 35.8 Å². The van der Waals surface area contributed by atoms with Crippen molar-refractivity contribution in [2.75, 3.05) is 13.1 Å². The molecule has 0 atom stereocenters. The maximum absolute atomic E-state index is 9.22. The lowest BCUT2D eigenvalue weighted by Crippen LogP contribution is -2.44. The molecule has 2 aromatic rings. The molecule has 3 rings (SSSR count). The van der Waals surface area contributed by atoms with Gasteiger partial charge >= 0.3 is 0 Å². The molecule has 0 saturated heterocycles. The quantitative estimate of drug-likeness (QED) is 0.902. The molecule has 1 aromatic carbocycles. The van der Waals surface area contributed by atoms with E-state index in [1.54, 1.807) is 0 Å². The highest BCUT2D eigenvalue weighted by atomic mass is 15.2. The van der Waals surface area contributed by atoms with Crippen molar-refractivity contribution in [1.82, 2.24) is 9.88 Å². The minimum absolute atomic E-state index is 0.387. The van der Waals surface area contributed by atoms with Crippen molar-refractivity contribution in [3.63, 3.8) is 0 Å². The molecule has 1 aliphatic rings. The summed E-state index contributed by atoms with van der Waals surface area (Å²) in [5.41, 5.74) is 3.48. The molecule has 1 N–H and O–H groups in total. The summed E-state index contributed by atoms with van der Waals surface area (Å²) in [5.74, 6) is 0. The fraction of sp³-hybridized carbons (Fsp3) is 0.353. The van der Waals surface area contributed by atoms with Gasteiger partial charge < -0.3 is 4.98 Å². The molecule has 0 amide bonds. The van der Waals surface area contributed by atoms with Crippen molar-refractivity contribution in [1.29, 1.82) is 5.26 Å². The predicted octanol–water partition coefficient (Wildman–Crippen LogP) is 3.56. The fourth-order valence-corrected chi connectivity index (χ4v) is 2.83. The molecule has 20 heavy (non-hydrogen) atoms. The van der Waals surface area contributed by atoms with Gasteiger partial charge in [0.05, 0.1) is 6.07 Å². The molecule has 0 fully saturated rings. The second-order valence-corrected chi connectivity index (χ2v) is 5.84.